The minimum Gasteiger partial charge on any atom is -0.335 e. The molecule has 0 aliphatic carbocycles. The number of amides is 3. The van der Waals surface area contributed by atoms with Gasteiger partial charge in [0.1, 0.15) is 0 Å². The van der Waals surface area contributed by atoms with Crippen LogP contribution in [0.3, 0.4) is 0 Å². The summed E-state index contributed by atoms with van der Waals surface area (Å²) >= 11 is 5.95. The molecule has 0 spiro atoms. The van der Waals surface area contributed by atoms with Crippen molar-refractivity contribution in [2.75, 3.05) is 31.5 Å². The van der Waals surface area contributed by atoms with Gasteiger partial charge in [-0.25, -0.2) is 0 Å². The first-order valence-electron chi connectivity index (χ1n) is 8.66. The summed E-state index contributed by atoms with van der Waals surface area (Å²) < 4.78 is 0. The SMILES string of the molecule is CC(=O)Nc1ccc(C(=O)N2CCN(C(=O)c3cccc(Cl)c3)CC2)cc1. The summed E-state index contributed by atoms with van der Waals surface area (Å²) in [6.45, 7) is 3.32. The molecule has 0 unspecified atom stereocenters. The molecule has 1 heterocycles. The fourth-order valence-corrected chi connectivity index (χ4v) is 3.19. The van der Waals surface area contributed by atoms with Crippen molar-refractivity contribution in [2.24, 2.45) is 0 Å². The number of hydrogen-bond donors (Lipinski definition) is 1. The van der Waals surface area contributed by atoms with Crippen LogP contribution >= 0.6 is 11.6 Å². The molecule has 1 aliphatic heterocycles. The lowest BCUT2D eigenvalue weighted by Crippen LogP contribution is -2.50. The van der Waals surface area contributed by atoms with Crippen LogP contribution in [0.4, 0.5) is 5.69 Å². The average molecular weight is 386 g/mol. The normalized spacial score (nSPS) is 14.0. The summed E-state index contributed by atoms with van der Waals surface area (Å²) in [5.74, 6) is -0.321. The number of benzene rings is 2. The molecule has 140 valence electrons. The van der Waals surface area contributed by atoms with Crippen LogP contribution in [0.5, 0.6) is 0 Å². The zero-order valence-corrected chi connectivity index (χ0v) is 15.7. The molecule has 2 aromatic carbocycles. The van der Waals surface area contributed by atoms with Gasteiger partial charge in [0, 0.05) is 54.9 Å². The number of halogens is 1. The highest BCUT2D eigenvalue weighted by Gasteiger charge is 2.25. The Labute approximate surface area is 162 Å². The highest BCUT2D eigenvalue weighted by atomic mass is 35.5. The van der Waals surface area contributed by atoms with Crippen molar-refractivity contribution in [1.29, 1.82) is 0 Å². The van der Waals surface area contributed by atoms with Gasteiger partial charge in [-0.3, -0.25) is 14.4 Å². The van der Waals surface area contributed by atoms with E-state index in [-0.39, 0.29) is 17.7 Å². The smallest absolute Gasteiger partial charge is 0.254 e. The monoisotopic (exact) mass is 385 g/mol. The Morgan fingerprint density at radius 3 is 1.93 bits per heavy atom. The first-order chi connectivity index (χ1) is 12.9. The summed E-state index contributed by atoms with van der Waals surface area (Å²) in [5.41, 5.74) is 1.76. The number of nitrogens with zero attached hydrogens (tertiary/aromatic N) is 2. The van der Waals surface area contributed by atoms with Gasteiger partial charge in [0.05, 0.1) is 0 Å². The van der Waals surface area contributed by atoms with Crippen LogP contribution < -0.4 is 5.32 Å². The Bertz CT molecular complexity index is 859. The first-order valence-corrected chi connectivity index (χ1v) is 9.03. The highest BCUT2D eigenvalue weighted by molar-refractivity contribution is 6.30. The zero-order chi connectivity index (χ0) is 19.4. The molecular formula is C20H20ClN3O3. The number of carbonyl (C=O) groups excluding carboxylic acids is 3. The molecule has 1 saturated heterocycles. The minimum absolute atomic E-state index is 0.0794. The van der Waals surface area contributed by atoms with Gasteiger partial charge in [-0.2, -0.15) is 0 Å². The fraction of sp³-hybridized carbons (Fsp3) is 0.250. The third kappa shape index (κ3) is 4.65. The zero-order valence-electron chi connectivity index (χ0n) is 14.9. The van der Waals surface area contributed by atoms with E-state index in [2.05, 4.69) is 5.32 Å². The van der Waals surface area contributed by atoms with E-state index in [1.807, 2.05) is 0 Å². The molecule has 27 heavy (non-hydrogen) atoms. The Morgan fingerprint density at radius 2 is 1.41 bits per heavy atom. The van der Waals surface area contributed by atoms with Crippen LogP contribution in [0.1, 0.15) is 27.6 Å². The third-order valence-corrected chi connectivity index (χ3v) is 4.61. The Kier molecular flexibility index (Phi) is 5.76. The van der Waals surface area contributed by atoms with Crippen molar-refractivity contribution < 1.29 is 14.4 Å². The fourth-order valence-electron chi connectivity index (χ4n) is 3.00. The van der Waals surface area contributed by atoms with Crippen molar-refractivity contribution >= 4 is 35.0 Å². The highest BCUT2D eigenvalue weighted by Crippen LogP contribution is 2.16. The largest absolute Gasteiger partial charge is 0.335 e. The predicted molar refractivity (Wildman–Crippen MR) is 104 cm³/mol. The first kappa shape index (κ1) is 18.9. The van der Waals surface area contributed by atoms with Crippen molar-refractivity contribution in [2.45, 2.75) is 6.92 Å². The Balaban J connectivity index is 1.59. The van der Waals surface area contributed by atoms with Crippen molar-refractivity contribution in [3.05, 3.63) is 64.7 Å². The van der Waals surface area contributed by atoms with E-state index < -0.39 is 0 Å². The van der Waals surface area contributed by atoms with Crippen LogP contribution in [-0.2, 0) is 4.79 Å². The quantitative estimate of drug-likeness (QED) is 0.883. The molecule has 1 N–H and O–H groups in total. The van der Waals surface area contributed by atoms with E-state index in [4.69, 9.17) is 11.6 Å². The maximum absolute atomic E-state index is 12.6. The predicted octanol–water partition coefficient (Wildman–Crippen LogP) is 2.90. The number of piperazine rings is 1. The Morgan fingerprint density at radius 1 is 0.852 bits per heavy atom. The molecule has 0 radical (unpaired) electrons. The Hall–Kier alpha value is -2.86. The summed E-state index contributed by atoms with van der Waals surface area (Å²) in [6.07, 6.45) is 0. The maximum Gasteiger partial charge on any atom is 0.254 e. The number of hydrogen-bond acceptors (Lipinski definition) is 3. The molecule has 2 aromatic rings. The van der Waals surface area contributed by atoms with Crippen LogP contribution in [0, 0.1) is 0 Å². The van der Waals surface area contributed by atoms with Gasteiger partial charge in [-0.15, -0.1) is 0 Å². The number of nitrogens with one attached hydrogen (secondary N) is 1. The maximum atomic E-state index is 12.6. The van der Waals surface area contributed by atoms with Gasteiger partial charge >= 0.3 is 0 Å². The number of anilines is 1. The molecular weight excluding hydrogens is 366 g/mol. The van der Waals surface area contributed by atoms with Crippen LogP contribution in [0.25, 0.3) is 0 Å². The second-order valence-electron chi connectivity index (χ2n) is 6.35. The molecule has 0 atom stereocenters. The van der Waals surface area contributed by atoms with E-state index in [9.17, 15) is 14.4 Å². The minimum atomic E-state index is -0.158. The summed E-state index contributed by atoms with van der Waals surface area (Å²) in [6, 6.07) is 13.7. The van der Waals surface area contributed by atoms with E-state index in [0.29, 0.717) is 48.0 Å². The van der Waals surface area contributed by atoms with Crippen LogP contribution in [0.15, 0.2) is 48.5 Å². The third-order valence-electron chi connectivity index (χ3n) is 4.38. The van der Waals surface area contributed by atoms with Crippen molar-refractivity contribution in [3.63, 3.8) is 0 Å². The lowest BCUT2D eigenvalue weighted by atomic mass is 10.1. The van der Waals surface area contributed by atoms with Crippen molar-refractivity contribution in [3.8, 4) is 0 Å². The number of carbonyl (C=O) groups is 3. The molecule has 7 heteroatoms. The molecule has 6 nitrogen and oxygen atoms in total. The van der Waals surface area contributed by atoms with Gasteiger partial charge in [-0.1, -0.05) is 17.7 Å². The van der Waals surface area contributed by atoms with E-state index >= 15 is 0 Å². The standard InChI is InChI=1S/C20H20ClN3O3/c1-14(25)22-18-7-5-15(6-8-18)19(26)23-9-11-24(12-10-23)20(27)16-3-2-4-17(21)13-16/h2-8,13H,9-12H2,1H3,(H,22,25). The molecule has 1 fully saturated rings. The van der Waals surface area contributed by atoms with E-state index in [1.54, 1.807) is 58.3 Å². The number of rotatable bonds is 3. The topological polar surface area (TPSA) is 69.7 Å². The average Bonchev–Trinajstić information content (AvgIpc) is 2.67. The summed E-state index contributed by atoms with van der Waals surface area (Å²) in [5, 5.41) is 3.20. The molecule has 0 saturated carbocycles. The van der Waals surface area contributed by atoms with Gasteiger partial charge in [0.15, 0.2) is 0 Å². The molecule has 0 aromatic heterocycles. The molecule has 0 bridgehead atoms. The van der Waals surface area contributed by atoms with Crippen LogP contribution in [0.2, 0.25) is 5.02 Å². The molecule has 3 rings (SSSR count). The van der Waals surface area contributed by atoms with Crippen molar-refractivity contribution in [1.82, 2.24) is 9.80 Å². The lowest BCUT2D eigenvalue weighted by Gasteiger charge is -2.35. The second-order valence-corrected chi connectivity index (χ2v) is 6.79. The summed E-state index contributed by atoms with van der Waals surface area (Å²) in [7, 11) is 0. The lowest BCUT2D eigenvalue weighted by molar-refractivity contribution is -0.114. The van der Waals surface area contributed by atoms with Crippen LogP contribution in [-0.4, -0.2) is 53.7 Å². The summed E-state index contributed by atoms with van der Waals surface area (Å²) in [4.78, 5) is 39.7. The molecule has 1 aliphatic rings. The van der Waals surface area contributed by atoms with E-state index in [1.165, 1.54) is 6.92 Å². The van der Waals surface area contributed by atoms with Gasteiger partial charge in [-0.05, 0) is 42.5 Å². The van der Waals surface area contributed by atoms with Gasteiger partial charge < -0.3 is 15.1 Å². The van der Waals surface area contributed by atoms with E-state index in [0.717, 1.165) is 0 Å². The second kappa shape index (κ2) is 8.22. The van der Waals surface area contributed by atoms with Gasteiger partial charge in [0.25, 0.3) is 11.8 Å². The van der Waals surface area contributed by atoms with Gasteiger partial charge in [0.2, 0.25) is 5.91 Å². The molecule has 3 amide bonds.